The smallest absolute Gasteiger partial charge is 0.242 e. The van der Waals surface area contributed by atoms with Crippen molar-refractivity contribution < 1.29 is 4.74 Å². The normalized spacial score (nSPS) is 10.4. The molecule has 0 aliphatic heterocycles. The molecule has 4 nitrogen and oxygen atoms in total. The summed E-state index contributed by atoms with van der Waals surface area (Å²) in [6, 6.07) is 5.14. The van der Waals surface area contributed by atoms with Crippen molar-refractivity contribution in [2.24, 2.45) is 0 Å². The first-order valence-corrected chi connectivity index (χ1v) is 5.21. The molecule has 0 bridgehead atoms. The quantitative estimate of drug-likeness (QED) is 0.870. The van der Waals surface area contributed by atoms with Gasteiger partial charge in [0.15, 0.2) is 0 Å². The fraction of sp³-hybridized carbons (Fsp3) is 0.100. The number of H-pyrrole nitrogens is 1. The number of benzene rings is 1. The molecule has 0 saturated carbocycles. The van der Waals surface area contributed by atoms with E-state index in [2.05, 4.69) is 10.2 Å². The zero-order chi connectivity index (χ0) is 11.7. The van der Waals surface area contributed by atoms with Crippen molar-refractivity contribution in [2.75, 3.05) is 12.8 Å². The third kappa shape index (κ3) is 1.94. The van der Waals surface area contributed by atoms with Gasteiger partial charge >= 0.3 is 0 Å². The number of ether oxygens (including phenoxy) is 1. The van der Waals surface area contributed by atoms with E-state index in [4.69, 9.17) is 33.7 Å². The Morgan fingerprint density at radius 2 is 1.88 bits per heavy atom. The fourth-order valence-electron chi connectivity index (χ4n) is 1.46. The van der Waals surface area contributed by atoms with Crippen LogP contribution < -0.4 is 10.5 Å². The number of nitrogen functional groups attached to an aromatic ring is 1. The summed E-state index contributed by atoms with van der Waals surface area (Å²) in [5.41, 5.74) is 7.19. The van der Waals surface area contributed by atoms with Gasteiger partial charge in [-0.1, -0.05) is 23.2 Å². The monoisotopic (exact) mass is 257 g/mol. The predicted octanol–water partition coefficient (Wildman–Crippen LogP) is 2.97. The molecule has 2 rings (SSSR count). The van der Waals surface area contributed by atoms with E-state index < -0.39 is 0 Å². The summed E-state index contributed by atoms with van der Waals surface area (Å²) in [6.45, 7) is 0. The molecule has 0 aliphatic carbocycles. The number of aromatic nitrogens is 2. The van der Waals surface area contributed by atoms with Crippen molar-refractivity contribution in [1.82, 2.24) is 10.2 Å². The Morgan fingerprint density at radius 1 is 1.25 bits per heavy atom. The largest absolute Gasteiger partial charge is 0.479 e. The highest BCUT2D eigenvalue weighted by Crippen LogP contribution is 2.35. The number of hydrogen-bond donors (Lipinski definition) is 2. The molecule has 1 heterocycles. The average Bonchev–Trinajstić information content (AvgIpc) is 2.58. The van der Waals surface area contributed by atoms with E-state index in [1.165, 1.54) is 7.11 Å². The first kappa shape index (κ1) is 11.1. The molecule has 0 amide bonds. The molecule has 1 aromatic heterocycles. The van der Waals surface area contributed by atoms with Crippen LogP contribution in [0.15, 0.2) is 18.2 Å². The lowest BCUT2D eigenvalue weighted by Crippen LogP contribution is -1.90. The Labute approximate surface area is 102 Å². The minimum absolute atomic E-state index is 0.412. The van der Waals surface area contributed by atoms with Gasteiger partial charge in [-0.15, -0.1) is 5.10 Å². The Morgan fingerprint density at radius 3 is 2.44 bits per heavy atom. The molecular weight excluding hydrogens is 249 g/mol. The lowest BCUT2D eigenvalue weighted by atomic mass is 10.1. The van der Waals surface area contributed by atoms with Gasteiger partial charge in [-0.25, -0.2) is 0 Å². The molecule has 0 atom stereocenters. The fourth-order valence-corrected chi connectivity index (χ4v) is 1.99. The number of halogens is 2. The van der Waals surface area contributed by atoms with Crippen LogP contribution in [0.4, 0.5) is 5.82 Å². The third-order valence-corrected chi connectivity index (χ3v) is 2.54. The minimum atomic E-state index is 0.412. The number of nitrogens with zero attached hydrogens (tertiary/aromatic N) is 1. The predicted molar refractivity (Wildman–Crippen MR) is 65.0 cm³/mol. The summed E-state index contributed by atoms with van der Waals surface area (Å²) in [5.74, 6) is 0.825. The third-order valence-electron chi connectivity index (χ3n) is 2.11. The van der Waals surface area contributed by atoms with Crippen molar-refractivity contribution in [3.63, 3.8) is 0 Å². The summed E-state index contributed by atoms with van der Waals surface area (Å²) in [5, 5.41) is 7.62. The van der Waals surface area contributed by atoms with Crippen molar-refractivity contribution in [1.29, 1.82) is 0 Å². The van der Waals surface area contributed by atoms with Gasteiger partial charge in [0.25, 0.3) is 0 Å². The Bertz CT molecular complexity index is 505. The van der Waals surface area contributed by atoms with Crippen LogP contribution in [0, 0.1) is 0 Å². The number of nitrogens with one attached hydrogen (secondary N) is 1. The van der Waals surface area contributed by atoms with E-state index in [9.17, 15) is 0 Å². The highest BCUT2D eigenvalue weighted by molar-refractivity contribution is 6.35. The average molecular weight is 258 g/mol. The Kier molecular flexibility index (Phi) is 2.94. The van der Waals surface area contributed by atoms with Crippen LogP contribution >= 0.6 is 23.2 Å². The molecule has 0 radical (unpaired) electrons. The Hall–Kier alpha value is -1.39. The zero-order valence-electron chi connectivity index (χ0n) is 8.42. The van der Waals surface area contributed by atoms with E-state index >= 15 is 0 Å². The number of hydrogen-bond acceptors (Lipinski definition) is 3. The molecule has 6 heteroatoms. The van der Waals surface area contributed by atoms with E-state index in [1.54, 1.807) is 18.2 Å². The van der Waals surface area contributed by atoms with Gasteiger partial charge in [0.05, 0.1) is 12.7 Å². The highest BCUT2D eigenvalue weighted by Gasteiger charge is 2.14. The summed E-state index contributed by atoms with van der Waals surface area (Å²) >= 11 is 11.8. The molecule has 0 unspecified atom stereocenters. The summed E-state index contributed by atoms with van der Waals surface area (Å²) in [6.07, 6.45) is 0. The van der Waals surface area contributed by atoms with Gasteiger partial charge in [-0.3, -0.25) is 5.10 Å². The number of nitrogens with two attached hydrogens (primary N) is 1. The molecular formula is C10H9Cl2N3O. The molecule has 16 heavy (non-hydrogen) atoms. The first-order chi connectivity index (χ1) is 7.61. The first-order valence-electron chi connectivity index (χ1n) is 4.46. The minimum Gasteiger partial charge on any atom is -0.479 e. The van der Waals surface area contributed by atoms with Crippen molar-refractivity contribution in [3.05, 3.63) is 28.2 Å². The highest BCUT2D eigenvalue weighted by atomic mass is 35.5. The lowest BCUT2D eigenvalue weighted by molar-refractivity contribution is 0.398. The maximum atomic E-state index is 5.92. The van der Waals surface area contributed by atoms with E-state index in [0.29, 0.717) is 27.3 Å². The second kappa shape index (κ2) is 4.23. The molecule has 1 aromatic carbocycles. The zero-order valence-corrected chi connectivity index (χ0v) is 9.93. The van der Waals surface area contributed by atoms with Crippen LogP contribution in [0.1, 0.15) is 0 Å². The molecule has 0 saturated heterocycles. The van der Waals surface area contributed by atoms with Crippen LogP contribution in [0.2, 0.25) is 10.0 Å². The van der Waals surface area contributed by atoms with E-state index in [1.807, 2.05) is 0 Å². The second-order valence-electron chi connectivity index (χ2n) is 3.18. The van der Waals surface area contributed by atoms with Gasteiger partial charge in [0.1, 0.15) is 5.82 Å². The number of aromatic amines is 1. The van der Waals surface area contributed by atoms with Crippen LogP contribution in [-0.4, -0.2) is 17.3 Å². The molecule has 0 aliphatic rings. The molecule has 84 valence electrons. The molecule has 2 aromatic rings. The van der Waals surface area contributed by atoms with Crippen LogP contribution in [0.25, 0.3) is 11.1 Å². The number of rotatable bonds is 2. The maximum absolute atomic E-state index is 5.92. The van der Waals surface area contributed by atoms with Gasteiger partial charge in [-0.2, -0.15) is 0 Å². The molecule has 3 N–H and O–H groups in total. The lowest BCUT2D eigenvalue weighted by Gasteiger charge is -2.04. The van der Waals surface area contributed by atoms with Gasteiger partial charge < -0.3 is 10.5 Å². The standard InChI is InChI=1S/C10H9Cl2N3O/c1-16-10-8(9(13)14-15-10)5-2-6(11)4-7(12)3-5/h2-4H,1H3,(H3,13,14,15). The SMILES string of the molecule is COc1n[nH]c(N)c1-c1cc(Cl)cc(Cl)c1. The Balaban J connectivity index is 2.61. The van der Waals surface area contributed by atoms with Crippen LogP contribution in [-0.2, 0) is 0 Å². The van der Waals surface area contributed by atoms with Crippen LogP contribution in [0.5, 0.6) is 5.88 Å². The van der Waals surface area contributed by atoms with Crippen molar-refractivity contribution in [2.45, 2.75) is 0 Å². The topological polar surface area (TPSA) is 63.9 Å². The molecule has 0 fully saturated rings. The summed E-state index contributed by atoms with van der Waals surface area (Å²) in [7, 11) is 1.52. The van der Waals surface area contributed by atoms with E-state index in [0.717, 1.165) is 5.56 Å². The van der Waals surface area contributed by atoms with Gasteiger partial charge in [0, 0.05) is 10.0 Å². The summed E-state index contributed by atoms with van der Waals surface area (Å²) in [4.78, 5) is 0. The number of methoxy groups -OCH3 is 1. The van der Waals surface area contributed by atoms with E-state index in [-0.39, 0.29) is 0 Å². The number of anilines is 1. The van der Waals surface area contributed by atoms with Crippen molar-refractivity contribution >= 4 is 29.0 Å². The van der Waals surface area contributed by atoms with Gasteiger partial charge in [0.2, 0.25) is 5.88 Å². The van der Waals surface area contributed by atoms with Crippen molar-refractivity contribution in [3.8, 4) is 17.0 Å². The summed E-state index contributed by atoms with van der Waals surface area (Å²) < 4.78 is 5.09. The molecule has 0 spiro atoms. The van der Waals surface area contributed by atoms with Crippen LogP contribution in [0.3, 0.4) is 0 Å². The second-order valence-corrected chi connectivity index (χ2v) is 4.05. The van der Waals surface area contributed by atoms with Gasteiger partial charge in [-0.05, 0) is 23.8 Å². The maximum Gasteiger partial charge on any atom is 0.242 e.